The maximum absolute atomic E-state index is 5.91. The van der Waals surface area contributed by atoms with Gasteiger partial charge in [-0.2, -0.15) is 5.10 Å². The molecule has 0 aliphatic carbocycles. The molecular formula is C15H10ClN3O2. The monoisotopic (exact) mass is 299 g/mol. The third-order valence-corrected chi connectivity index (χ3v) is 3.49. The molecule has 1 aliphatic rings. The van der Waals surface area contributed by atoms with Gasteiger partial charge in [-0.15, -0.1) is 0 Å². The summed E-state index contributed by atoms with van der Waals surface area (Å²) >= 11 is 5.91. The summed E-state index contributed by atoms with van der Waals surface area (Å²) in [7, 11) is 0. The molecule has 3 heterocycles. The molecule has 0 bridgehead atoms. The number of ether oxygens (including phenoxy) is 2. The molecule has 6 heteroatoms. The highest BCUT2D eigenvalue weighted by Crippen LogP contribution is 2.36. The molecule has 0 unspecified atom stereocenters. The van der Waals surface area contributed by atoms with E-state index in [9.17, 15) is 0 Å². The average molecular weight is 300 g/mol. The van der Waals surface area contributed by atoms with Crippen molar-refractivity contribution >= 4 is 11.6 Å². The SMILES string of the molecule is Clc1cc(-c2cc(-c3ccc4c(c3)OCO4)n[nH]2)ccn1. The number of halogens is 1. The molecule has 2 aromatic heterocycles. The van der Waals surface area contributed by atoms with Gasteiger partial charge in [0.1, 0.15) is 5.15 Å². The lowest BCUT2D eigenvalue weighted by Gasteiger charge is -1.99. The fraction of sp³-hybridized carbons (Fsp3) is 0.0667. The second-order valence-corrected chi connectivity index (χ2v) is 4.99. The summed E-state index contributed by atoms with van der Waals surface area (Å²) in [6, 6.07) is 11.4. The molecule has 1 aromatic carbocycles. The van der Waals surface area contributed by atoms with Crippen molar-refractivity contribution in [1.29, 1.82) is 0 Å². The van der Waals surface area contributed by atoms with Gasteiger partial charge in [0.15, 0.2) is 11.5 Å². The van der Waals surface area contributed by atoms with Gasteiger partial charge in [0.25, 0.3) is 0 Å². The molecule has 0 amide bonds. The van der Waals surface area contributed by atoms with Gasteiger partial charge in [-0.3, -0.25) is 5.10 Å². The van der Waals surface area contributed by atoms with Crippen LogP contribution in [0.1, 0.15) is 0 Å². The fourth-order valence-electron chi connectivity index (χ4n) is 2.24. The predicted octanol–water partition coefficient (Wildman–Crippen LogP) is 3.52. The van der Waals surface area contributed by atoms with Crippen molar-refractivity contribution in [3.05, 3.63) is 47.7 Å². The molecule has 0 radical (unpaired) electrons. The maximum atomic E-state index is 5.91. The lowest BCUT2D eigenvalue weighted by atomic mass is 10.1. The van der Waals surface area contributed by atoms with Gasteiger partial charge in [0.2, 0.25) is 6.79 Å². The van der Waals surface area contributed by atoms with Crippen LogP contribution in [0.4, 0.5) is 0 Å². The van der Waals surface area contributed by atoms with Crippen LogP contribution in [0.3, 0.4) is 0 Å². The highest BCUT2D eigenvalue weighted by atomic mass is 35.5. The lowest BCUT2D eigenvalue weighted by Crippen LogP contribution is -1.92. The van der Waals surface area contributed by atoms with Gasteiger partial charge in [0.05, 0.1) is 11.4 Å². The number of aromatic nitrogens is 3. The van der Waals surface area contributed by atoms with Crippen LogP contribution in [0, 0.1) is 0 Å². The van der Waals surface area contributed by atoms with Gasteiger partial charge >= 0.3 is 0 Å². The van der Waals surface area contributed by atoms with Gasteiger partial charge in [0, 0.05) is 17.3 Å². The van der Waals surface area contributed by atoms with Crippen LogP contribution in [0.2, 0.25) is 5.15 Å². The number of benzene rings is 1. The first kappa shape index (κ1) is 12.2. The molecule has 0 saturated carbocycles. The summed E-state index contributed by atoms with van der Waals surface area (Å²) in [6.45, 7) is 0.264. The van der Waals surface area contributed by atoms with E-state index in [0.717, 1.165) is 34.0 Å². The van der Waals surface area contributed by atoms with E-state index >= 15 is 0 Å². The number of nitrogens with one attached hydrogen (secondary N) is 1. The van der Waals surface area contributed by atoms with Crippen molar-refractivity contribution in [2.75, 3.05) is 6.79 Å². The zero-order valence-corrected chi connectivity index (χ0v) is 11.6. The Balaban J connectivity index is 1.71. The van der Waals surface area contributed by atoms with E-state index in [2.05, 4.69) is 15.2 Å². The minimum absolute atomic E-state index is 0.264. The molecule has 3 aromatic rings. The van der Waals surface area contributed by atoms with Crippen LogP contribution < -0.4 is 9.47 Å². The maximum Gasteiger partial charge on any atom is 0.231 e. The molecule has 21 heavy (non-hydrogen) atoms. The van der Waals surface area contributed by atoms with Crippen LogP contribution in [0.15, 0.2) is 42.6 Å². The number of hydrogen-bond donors (Lipinski definition) is 1. The van der Waals surface area contributed by atoms with Crippen molar-refractivity contribution in [3.8, 4) is 34.0 Å². The van der Waals surface area contributed by atoms with Crippen LogP contribution in [-0.2, 0) is 0 Å². The summed E-state index contributed by atoms with van der Waals surface area (Å²) < 4.78 is 10.7. The van der Waals surface area contributed by atoms with E-state index in [1.165, 1.54) is 0 Å². The first-order valence-electron chi connectivity index (χ1n) is 6.37. The molecule has 4 rings (SSSR count). The largest absolute Gasteiger partial charge is 0.454 e. The van der Waals surface area contributed by atoms with Gasteiger partial charge < -0.3 is 9.47 Å². The van der Waals surface area contributed by atoms with E-state index in [-0.39, 0.29) is 6.79 Å². The van der Waals surface area contributed by atoms with Crippen molar-refractivity contribution in [3.63, 3.8) is 0 Å². The van der Waals surface area contributed by atoms with Gasteiger partial charge in [-0.05, 0) is 36.4 Å². The molecule has 5 nitrogen and oxygen atoms in total. The Kier molecular flexibility index (Phi) is 2.79. The summed E-state index contributed by atoms with van der Waals surface area (Å²) in [5.41, 5.74) is 3.61. The number of aromatic amines is 1. The van der Waals surface area contributed by atoms with Crippen molar-refractivity contribution < 1.29 is 9.47 Å². The zero-order chi connectivity index (χ0) is 14.2. The van der Waals surface area contributed by atoms with Crippen LogP contribution in [0.25, 0.3) is 22.5 Å². The highest BCUT2D eigenvalue weighted by molar-refractivity contribution is 6.29. The Morgan fingerprint density at radius 3 is 2.81 bits per heavy atom. The van der Waals surface area contributed by atoms with Gasteiger partial charge in [-0.25, -0.2) is 4.98 Å². The van der Waals surface area contributed by atoms with Crippen LogP contribution in [-0.4, -0.2) is 22.0 Å². The fourth-order valence-corrected chi connectivity index (χ4v) is 2.42. The van der Waals surface area contributed by atoms with E-state index < -0.39 is 0 Å². The number of pyridine rings is 1. The number of hydrogen-bond acceptors (Lipinski definition) is 4. The second-order valence-electron chi connectivity index (χ2n) is 4.60. The lowest BCUT2D eigenvalue weighted by molar-refractivity contribution is 0.174. The Morgan fingerprint density at radius 1 is 1.00 bits per heavy atom. The quantitative estimate of drug-likeness (QED) is 0.736. The average Bonchev–Trinajstić information content (AvgIpc) is 3.15. The van der Waals surface area contributed by atoms with E-state index in [0.29, 0.717) is 5.15 Å². The normalized spacial score (nSPS) is 12.6. The Bertz CT molecular complexity index is 816. The summed E-state index contributed by atoms with van der Waals surface area (Å²) in [5.74, 6) is 1.50. The zero-order valence-electron chi connectivity index (χ0n) is 10.8. The third kappa shape index (κ3) is 2.21. The molecular weight excluding hydrogens is 290 g/mol. The summed E-state index contributed by atoms with van der Waals surface area (Å²) in [6.07, 6.45) is 1.67. The number of fused-ring (bicyclic) bond motifs is 1. The number of rotatable bonds is 2. The van der Waals surface area contributed by atoms with E-state index in [4.69, 9.17) is 21.1 Å². The molecule has 1 N–H and O–H groups in total. The van der Waals surface area contributed by atoms with Gasteiger partial charge in [-0.1, -0.05) is 11.6 Å². The minimum atomic E-state index is 0.264. The van der Waals surface area contributed by atoms with Crippen molar-refractivity contribution in [2.24, 2.45) is 0 Å². The van der Waals surface area contributed by atoms with Crippen molar-refractivity contribution in [2.45, 2.75) is 0 Å². The number of nitrogens with zero attached hydrogens (tertiary/aromatic N) is 2. The molecule has 0 spiro atoms. The first-order chi connectivity index (χ1) is 10.3. The minimum Gasteiger partial charge on any atom is -0.454 e. The summed E-state index contributed by atoms with van der Waals surface area (Å²) in [4.78, 5) is 3.97. The number of H-pyrrole nitrogens is 1. The molecule has 0 fully saturated rings. The molecule has 0 saturated heterocycles. The smallest absolute Gasteiger partial charge is 0.231 e. The second kappa shape index (κ2) is 4.79. The summed E-state index contributed by atoms with van der Waals surface area (Å²) in [5, 5.41) is 7.79. The Hall–Kier alpha value is -2.53. The molecule has 104 valence electrons. The molecule has 0 atom stereocenters. The topological polar surface area (TPSA) is 60.0 Å². The van der Waals surface area contributed by atoms with E-state index in [1.807, 2.05) is 30.3 Å². The highest BCUT2D eigenvalue weighted by Gasteiger charge is 2.15. The standard InChI is InChI=1S/C15H10ClN3O2/c16-15-6-10(3-4-17-15)12-7-11(18-19-12)9-1-2-13-14(5-9)21-8-20-13/h1-7H,8H2,(H,18,19). The van der Waals surface area contributed by atoms with Crippen LogP contribution >= 0.6 is 11.6 Å². The first-order valence-corrected chi connectivity index (χ1v) is 6.75. The predicted molar refractivity (Wildman–Crippen MR) is 78.4 cm³/mol. The van der Waals surface area contributed by atoms with Crippen LogP contribution in [0.5, 0.6) is 11.5 Å². The Morgan fingerprint density at radius 2 is 1.90 bits per heavy atom. The Labute approximate surface area is 125 Å². The van der Waals surface area contributed by atoms with E-state index in [1.54, 1.807) is 12.3 Å². The third-order valence-electron chi connectivity index (χ3n) is 3.28. The molecule has 1 aliphatic heterocycles. The van der Waals surface area contributed by atoms with Crippen molar-refractivity contribution in [1.82, 2.24) is 15.2 Å².